The Balaban J connectivity index is 2.59. The molecule has 0 aliphatic heterocycles. The third kappa shape index (κ3) is 5.51. The minimum atomic E-state index is 0.0124. The quantitative estimate of drug-likeness (QED) is 0.654. The molecular formula is C18H27NO3. The first-order valence-electron chi connectivity index (χ1n) is 8.02. The maximum atomic E-state index is 12.3. The number of rotatable bonds is 9. The van der Waals surface area contributed by atoms with Crippen LogP contribution in [0.2, 0.25) is 0 Å². The number of unbranched alkanes of at least 4 members (excludes halogenated alkanes) is 1. The highest BCUT2D eigenvalue weighted by molar-refractivity contribution is 5.94. The van der Waals surface area contributed by atoms with Crippen LogP contribution in [-0.4, -0.2) is 35.8 Å². The molecule has 22 heavy (non-hydrogen) atoms. The molecule has 1 rings (SSSR count). The molecule has 0 aliphatic rings. The van der Waals surface area contributed by atoms with E-state index in [0.29, 0.717) is 11.3 Å². The lowest BCUT2D eigenvalue weighted by Crippen LogP contribution is -2.41. The molecule has 1 aromatic carbocycles. The summed E-state index contributed by atoms with van der Waals surface area (Å²) < 4.78 is 5.56. The number of hydrogen-bond donors (Lipinski definition) is 0. The van der Waals surface area contributed by atoms with Crippen molar-refractivity contribution in [2.24, 2.45) is 0 Å². The van der Waals surface area contributed by atoms with E-state index in [2.05, 4.69) is 20.8 Å². The van der Waals surface area contributed by atoms with Crippen molar-refractivity contribution >= 4 is 11.7 Å². The third-order valence-corrected chi connectivity index (χ3v) is 3.82. The topological polar surface area (TPSA) is 46.6 Å². The molecule has 0 fully saturated rings. The van der Waals surface area contributed by atoms with Crippen molar-refractivity contribution in [3.8, 4) is 5.75 Å². The third-order valence-electron chi connectivity index (χ3n) is 3.82. The molecular weight excluding hydrogens is 278 g/mol. The van der Waals surface area contributed by atoms with Gasteiger partial charge >= 0.3 is 0 Å². The van der Waals surface area contributed by atoms with Crippen LogP contribution in [0.4, 0.5) is 0 Å². The fourth-order valence-corrected chi connectivity index (χ4v) is 2.15. The lowest BCUT2D eigenvalue weighted by Gasteiger charge is -2.28. The average Bonchev–Trinajstić information content (AvgIpc) is 2.53. The van der Waals surface area contributed by atoms with E-state index in [9.17, 15) is 9.59 Å². The van der Waals surface area contributed by atoms with E-state index in [1.165, 1.54) is 6.92 Å². The number of benzene rings is 1. The second-order valence-corrected chi connectivity index (χ2v) is 5.57. The van der Waals surface area contributed by atoms with Gasteiger partial charge in [-0.1, -0.05) is 20.3 Å². The van der Waals surface area contributed by atoms with E-state index in [1.54, 1.807) is 24.3 Å². The number of ketones is 1. The Morgan fingerprint density at radius 3 is 2.32 bits per heavy atom. The number of Topliss-reactive ketones (excluding diaryl/α,β-unsaturated/α-hetero) is 1. The lowest BCUT2D eigenvalue weighted by atomic mass is 10.1. The van der Waals surface area contributed by atoms with Gasteiger partial charge in [0.05, 0.1) is 0 Å². The second kappa shape index (κ2) is 9.23. The van der Waals surface area contributed by atoms with E-state index >= 15 is 0 Å². The van der Waals surface area contributed by atoms with Gasteiger partial charge in [-0.3, -0.25) is 9.59 Å². The Bertz CT molecular complexity index is 482. The molecule has 122 valence electrons. The summed E-state index contributed by atoms with van der Waals surface area (Å²) in [5.41, 5.74) is 0.642. The Morgan fingerprint density at radius 1 is 1.18 bits per heavy atom. The minimum Gasteiger partial charge on any atom is -0.484 e. The van der Waals surface area contributed by atoms with Crippen LogP contribution in [0.3, 0.4) is 0 Å². The van der Waals surface area contributed by atoms with Gasteiger partial charge in [0.2, 0.25) is 0 Å². The summed E-state index contributed by atoms with van der Waals surface area (Å²) in [5, 5.41) is 0. The van der Waals surface area contributed by atoms with Gasteiger partial charge in [-0.15, -0.1) is 0 Å². The zero-order valence-corrected chi connectivity index (χ0v) is 14.1. The highest BCUT2D eigenvalue weighted by atomic mass is 16.5. The van der Waals surface area contributed by atoms with E-state index < -0.39 is 0 Å². The smallest absolute Gasteiger partial charge is 0.260 e. The summed E-state index contributed by atoms with van der Waals surface area (Å²) in [7, 11) is 0. The Labute approximate surface area is 133 Å². The summed E-state index contributed by atoms with van der Waals surface area (Å²) in [4.78, 5) is 25.5. The monoisotopic (exact) mass is 305 g/mol. The molecule has 0 aromatic heterocycles. The maximum Gasteiger partial charge on any atom is 0.260 e. The van der Waals surface area contributed by atoms with Gasteiger partial charge in [-0.25, -0.2) is 0 Å². The number of hydrogen-bond acceptors (Lipinski definition) is 3. The first kappa shape index (κ1) is 18.2. The van der Waals surface area contributed by atoms with Crippen molar-refractivity contribution in [2.75, 3.05) is 13.2 Å². The fourth-order valence-electron chi connectivity index (χ4n) is 2.15. The van der Waals surface area contributed by atoms with Crippen LogP contribution in [0.5, 0.6) is 5.75 Å². The summed E-state index contributed by atoms with van der Waals surface area (Å²) in [6.07, 6.45) is 3.00. The molecule has 1 amide bonds. The molecule has 0 spiro atoms. The van der Waals surface area contributed by atoms with Crippen molar-refractivity contribution in [1.29, 1.82) is 0 Å². The first-order valence-corrected chi connectivity index (χ1v) is 8.02. The van der Waals surface area contributed by atoms with Crippen LogP contribution in [-0.2, 0) is 4.79 Å². The largest absolute Gasteiger partial charge is 0.484 e. The van der Waals surface area contributed by atoms with Crippen LogP contribution < -0.4 is 4.74 Å². The number of carbonyl (C=O) groups is 2. The van der Waals surface area contributed by atoms with Crippen LogP contribution in [0.1, 0.15) is 57.3 Å². The highest BCUT2D eigenvalue weighted by Crippen LogP contribution is 2.13. The van der Waals surface area contributed by atoms with Gasteiger partial charge < -0.3 is 9.64 Å². The molecule has 0 N–H and O–H groups in total. The fraction of sp³-hybridized carbons (Fsp3) is 0.556. The zero-order chi connectivity index (χ0) is 16.5. The van der Waals surface area contributed by atoms with Crippen molar-refractivity contribution in [1.82, 2.24) is 4.90 Å². The van der Waals surface area contributed by atoms with Crippen LogP contribution >= 0.6 is 0 Å². The number of ether oxygens (including phenoxy) is 1. The van der Waals surface area contributed by atoms with Gasteiger partial charge in [0.1, 0.15) is 5.75 Å². The zero-order valence-electron chi connectivity index (χ0n) is 14.1. The normalized spacial score (nSPS) is 11.8. The summed E-state index contributed by atoms with van der Waals surface area (Å²) in [5.74, 6) is 0.640. The van der Waals surface area contributed by atoms with Gasteiger partial charge in [-0.05, 0) is 51.0 Å². The number of nitrogens with zero attached hydrogens (tertiary/aromatic N) is 1. The van der Waals surface area contributed by atoms with Crippen molar-refractivity contribution in [3.05, 3.63) is 29.8 Å². The standard InChI is InChI=1S/C18H27NO3/c1-5-7-12-19(14(3)6-2)18(21)13-22-17-10-8-16(9-11-17)15(4)20/h8-11,14H,5-7,12-13H2,1-4H3. The molecule has 0 aliphatic carbocycles. The SMILES string of the molecule is CCCCN(C(=O)COc1ccc(C(C)=O)cc1)C(C)CC. The van der Waals surface area contributed by atoms with Crippen LogP contribution in [0.15, 0.2) is 24.3 Å². The second-order valence-electron chi connectivity index (χ2n) is 5.57. The van der Waals surface area contributed by atoms with Gasteiger partial charge in [0.15, 0.2) is 12.4 Å². The van der Waals surface area contributed by atoms with E-state index in [0.717, 1.165) is 25.8 Å². The molecule has 4 nitrogen and oxygen atoms in total. The average molecular weight is 305 g/mol. The maximum absolute atomic E-state index is 12.3. The number of carbonyl (C=O) groups excluding carboxylic acids is 2. The summed E-state index contributed by atoms with van der Waals surface area (Å²) in [6, 6.07) is 7.10. The predicted octanol–water partition coefficient (Wildman–Crippen LogP) is 3.70. The Hall–Kier alpha value is -1.84. The predicted molar refractivity (Wildman–Crippen MR) is 88.3 cm³/mol. The van der Waals surface area contributed by atoms with Crippen molar-refractivity contribution in [2.45, 2.75) is 53.0 Å². The molecule has 1 atom stereocenters. The van der Waals surface area contributed by atoms with E-state index in [-0.39, 0.29) is 24.3 Å². The lowest BCUT2D eigenvalue weighted by molar-refractivity contribution is -0.135. The van der Waals surface area contributed by atoms with Gasteiger partial charge in [0, 0.05) is 18.2 Å². The molecule has 0 saturated heterocycles. The summed E-state index contributed by atoms with van der Waals surface area (Å²) >= 11 is 0. The van der Waals surface area contributed by atoms with Crippen molar-refractivity contribution in [3.63, 3.8) is 0 Å². The Morgan fingerprint density at radius 2 is 1.82 bits per heavy atom. The van der Waals surface area contributed by atoms with Crippen LogP contribution in [0, 0.1) is 0 Å². The molecule has 0 saturated carbocycles. The molecule has 1 unspecified atom stereocenters. The molecule has 0 heterocycles. The van der Waals surface area contributed by atoms with Crippen molar-refractivity contribution < 1.29 is 14.3 Å². The van der Waals surface area contributed by atoms with E-state index in [1.807, 2.05) is 4.90 Å². The minimum absolute atomic E-state index is 0.0124. The Kier molecular flexibility index (Phi) is 7.64. The summed E-state index contributed by atoms with van der Waals surface area (Å²) in [6.45, 7) is 8.60. The molecule has 0 bridgehead atoms. The molecule has 1 aromatic rings. The van der Waals surface area contributed by atoms with E-state index in [4.69, 9.17) is 4.74 Å². The van der Waals surface area contributed by atoms with Crippen LogP contribution in [0.25, 0.3) is 0 Å². The first-order chi connectivity index (χ1) is 10.5. The highest BCUT2D eigenvalue weighted by Gasteiger charge is 2.18. The molecule has 0 radical (unpaired) electrons. The van der Waals surface area contributed by atoms with Gasteiger partial charge in [-0.2, -0.15) is 0 Å². The number of amides is 1. The van der Waals surface area contributed by atoms with Gasteiger partial charge in [0.25, 0.3) is 5.91 Å². The molecule has 4 heteroatoms.